The number of hydrogen-bond donors (Lipinski definition) is 0. The number of halogens is 1. The van der Waals surface area contributed by atoms with Crippen LogP contribution in [0.1, 0.15) is 13.3 Å². The Morgan fingerprint density at radius 2 is 1.67 bits per heavy atom. The first-order valence-corrected chi connectivity index (χ1v) is 7.64. The number of thioether (sulfide) groups is 1. The molecule has 0 saturated carbocycles. The van der Waals surface area contributed by atoms with E-state index in [-0.39, 0.29) is 0 Å². The third-order valence-electron chi connectivity index (χ3n) is 2.83. The minimum Gasteiger partial charge on any atom is -0.301 e. The molecule has 0 radical (unpaired) electrons. The molecule has 0 N–H and O–H groups in total. The lowest BCUT2D eigenvalue weighted by Gasteiger charge is -2.34. The average Bonchev–Trinajstić information content (AvgIpc) is 2.27. The molecule has 0 atom stereocenters. The molecule has 90 valence electrons. The fourth-order valence-electron chi connectivity index (χ4n) is 1.89. The molecule has 2 nitrogen and oxygen atoms in total. The quantitative estimate of drug-likeness (QED) is 0.504. The molecule has 1 aliphatic rings. The molecular weight excluding hydrogens is 228 g/mol. The Labute approximate surface area is 103 Å². The predicted molar refractivity (Wildman–Crippen MR) is 71.2 cm³/mol. The van der Waals surface area contributed by atoms with Crippen LogP contribution in [0, 0.1) is 0 Å². The maximum absolute atomic E-state index is 5.73. The number of alkyl halides is 1. The molecule has 1 rings (SSSR count). The SMILES string of the molecule is CCSCCCN1CCN(CCCl)CC1. The van der Waals surface area contributed by atoms with E-state index in [0.29, 0.717) is 0 Å². The first-order chi connectivity index (χ1) is 7.36. The van der Waals surface area contributed by atoms with Crippen molar-refractivity contribution >= 4 is 23.4 Å². The highest BCUT2D eigenvalue weighted by atomic mass is 35.5. The van der Waals surface area contributed by atoms with Gasteiger partial charge in [0.05, 0.1) is 0 Å². The van der Waals surface area contributed by atoms with E-state index in [1.807, 2.05) is 0 Å². The highest BCUT2D eigenvalue weighted by Crippen LogP contribution is 2.05. The van der Waals surface area contributed by atoms with E-state index in [1.54, 1.807) is 0 Å². The van der Waals surface area contributed by atoms with Gasteiger partial charge < -0.3 is 4.90 Å². The van der Waals surface area contributed by atoms with Gasteiger partial charge in [0.15, 0.2) is 0 Å². The number of hydrogen-bond acceptors (Lipinski definition) is 3. The van der Waals surface area contributed by atoms with Gasteiger partial charge in [0.2, 0.25) is 0 Å². The van der Waals surface area contributed by atoms with E-state index in [0.717, 1.165) is 12.4 Å². The van der Waals surface area contributed by atoms with Crippen molar-refractivity contribution in [3.05, 3.63) is 0 Å². The summed E-state index contributed by atoms with van der Waals surface area (Å²) >= 11 is 7.78. The Balaban J connectivity index is 1.99. The van der Waals surface area contributed by atoms with Crippen LogP contribution >= 0.6 is 23.4 Å². The standard InChI is InChI=1S/C11H23ClN2S/c1-2-15-11-3-5-13-7-9-14(6-4-12)10-8-13/h2-11H2,1H3. The molecule has 0 amide bonds. The van der Waals surface area contributed by atoms with E-state index < -0.39 is 0 Å². The van der Waals surface area contributed by atoms with Crippen LogP contribution in [-0.4, -0.2) is 66.5 Å². The van der Waals surface area contributed by atoms with Crippen LogP contribution in [0.4, 0.5) is 0 Å². The summed E-state index contributed by atoms with van der Waals surface area (Å²) in [5, 5.41) is 0. The van der Waals surface area contributed by atoms with Crippen molar-refractivity contribution in [2.24, 2.45) is 0 Å². The van der Waals surface area contributed by atoms with Gasteiger partial charge in [0, 0.05) is 38.6 Å². The van der Waals surface area contributed by atoms with Gasteiger partial charge in [0.1, 0.15) is 0 Å². The molecule has 0 aromatic carbocycles. The average molecular weight is 251 g/mol. The molecule has 1 fully saturated rings. The maximum Gasteiger partial charge on any atom is 0.0351 e. The van der Waals surface area contributed by atoms with Gasteiger partial charge >= 0.3 is 0 Å². The van der Waals surface area contributed by atoms with Gasteiger partial charge in [-0.1, -0.05) is 6.92 Å². The Morgan fingerprint density at radius 1 is 1.07 bits per heavy atom. The fraction of sp³-hybridized carbons (Fsp3) is 1.00. The van der Waals surface area contributed by atoms with Crippen LogP contribution in [0.3, 0.4) is 0 Å². The van der Waals surface area contributed by atoms with Crippen LogP contribution < -0.4 is 0 Å². The third-order valence-corrected chi connectivity index (χ3v) is 3.99. The minimum absolute atomic E-state index is 0.771. The van der Waals surface area contributed by atoms with Crippen LogP contribution in [0.25, 0.3) is 0 Å². The number of rotatable bonds is 7. The molecule has 0 unspecified atom stereocenters. The van der Waals surface area contributed by atoms with Crippen molar-refractivity contribution in [2.75, 3.05) is 56.7 Å². The molecule has 0 aromatic heterocycles. The highest BCUT2D eigenvalue weighted by molar-refractivity contribution is 7.99. The van der Waals surface area contributed by atoms with E-state index >= 15 is 0 Å². The smallest absolute Gasteiger partial charge is 0.0351 e. The molecule has 0 bridgehead atoms. The number of nitrogens with zero attached hydrogens (tertiary/aromatic N) is 2. The van der Waals surface area contributed by atoms with Gasteiger partial charge in [-0.3, -0.25) is 4.90 Å². The van der Waals surface area contributed by atoms with Crippen molar-refractivity contribution < 1.29 is 0 Å². The van der Waals surface area contributed by atoms with Crippen molar-refractivity contribution in [2.45, 2.75) is 13.3 Å². The second-order valence-electron chi connectivity index (χ2n) is 3.92. The molecule has 1 aliphatic heterocycles. The fourth-order valence-corrected chi connectivity index (χ4v) is 2.75. The number of piperazine rings is 1. The minimum atomic E-state index is 0.771. The van der Waals surface area contributed by atoms with Gasteiger partial charge in [-0.15, -0.1) is 11.6 Å². The molecule has 0 aliphatic carbocycles. The summed E-state index contributed by atoms with van der Waals surface area (Å²) in [5.74, 6) is 3.34. The largest absolute Gasteiger partial charge is 0.301 e. The Bertz CT molecular complexity index is 147. The summed E-state index contributed by atoms with van der Waals surface area (Å²) in [5.41, 5.74) is 0. The lowest BCUT2D eigenvalue weighted by atomic mass is 10.3. The predicted octanol–water partition coefficient (Wildman–Crippen LogP) is 1.99. The topological polar surface area (TPSA) is 6.48 Å². The van der Waals surface area contributed by atoms with E-state index in [2.05, 4.69) is 28.5 Å². The maximum atomic E-state index is 5.73. The van der Waals surface area contributed by atoms with Crippen molar-refractivity contribution in [3.8, 4) is 0 Å². The lowest BCUT2D eigenvalue weighted by molar-refractivity contribution is 0.138. The molecule has 1 heterocycles. The highest BCUT2D eigenvalue weighted by Gasteiger charge is 2.15. The van der Waals surface area contributed by atoms with Crippen molar-refractivity contribution in [1.82, 2.24) is 9.80 Å². The zero-order chi connectivity index (χ0) is 10.9. The Hall–Kier alpha value is 0.560. The first-order valence-electron chi connectivity index (χ1n) is 5.95. The molecule has 15 heavy (non-hydrogen) atoms. The van der Waals surface area contributed by atoms with Gasteiger partial charge in [-0.05, 0) is 24.5 Å². The second kappa shape index (κ2) is 8.68. The van der Waals surface area contributed by atoms with Gasteiger partial charge in [-0.2, -0.15) is 11.8 Å². The van der Waals surface area contributed by atoms with Crippen molar-refractivity contribution in [1.29, 1.82) is 0 Å². The summed E-state index contributed by atoms with van der Waals surface area (Å²) < 4.78 is 0. The van der Waals surface area contributed by atoms with Crippen LogP contribution in [0.2, 0.25) is 0 Å². The third kappa shape index (κ3) is 6.00. The summed E-state index contributed by atoms with van der Waals surface area (Å²) in [4.78, 5) is 5.05. The summed E-state index contributed by atoms with van der Waals surface area (Å²) in [6.45, 7) is 9.43. The van der Waals surface area contributed by atoms with Crippen molar-refractivity contribution in [3.63, 3.8) is 0 Å². The second-order valence-corrected chi connectivity index (χ2v) is 5.69. The Morgan fingerprint density at radius 3 is 2.20 bits per heavy atom. The summed E-state index contributed by atoms with van der Waals surface area (Å²) in [6.07, 6.45) is 1.34. The zero-order valence-electron chi connectivity index (χ0n) is 9.75. The molecule has 4 heteroatoms. The van der Waals surface area contributed by atoms with Gasteiger partial charge in [-0.25, -0.2) is 0 Å². The van der Waals surface area contributed by atoms with E-state index in [9.17, 15) is 0 Å². The van der Waals surface area contributed by atoms with E-state index in [4.69, 9.17) is 11.6 Å². The monoisotopic (exact) mass is 250 g/mol. The summed E-state index contributed by atoms with van der Waals surface area (Å²) in [6, 6.07) is 0. The summed E-state index contributed by atoms with van der Waals surface area (Å²) in [7, 11) is 0. The van der Waals surface area contributed by atoms with Crippen LogP contribution in [-0.2, 0) is 0 Å². The van der Waals surface area contributed by atoms with Crippen LogP contribution in [0.15, 0.2) is 0 Å². The normalized spacial score (nSPS) is 19.6. The van der Waals surface area contributed by atoms with Crippen LogP contribution in [0.5, 0.6) is 0 Å². The zero-order valence-corrected chi connectivity index (χ0v) is 11.3. The molecule has 0 aromatic rings. The van der Waals surface area contributed by atoms with Gasteiger partial charge in [0.25, 0.3) is 0 Å². The molecule has 0 spiro atoms. The molecular formula is C11H23ClN2S. The van der Waals surface area contributed by atoms with E-state index in [1.165, 1.54) is 50.7 Å². The Kier molecular flexibility index (Phi) is 7.89. The lowest BCUT2D eigenvalue weighted by Crippen LogP contribution is -2.47. The molecule has 1 saturated heterocycles. The first kappa shape index (κ1) is 13.6.